The highest BCUT2D eigenvalue weighted by atomic mass is 15.1. The number of anilines is 1. The number of fused-ring (bicyclic) bond motifs is 1. The molecule has 0 aliphatic carbocycles. The molecule has 0 spiro atoms. The minimum Gasteiger partial charge on any atom is -0.369 e. The van der Waals surface area contributed by atoms with Crippen LogP contribution in [0.2, 0.25) is 0 Å². The van der Waals surface area contributed by atoms with Gasteiger partial charge in [-0.15, -0.1) is 0 Å². The second-order valence-electron chi connectivity index (χ2n) is 5.85. The first kappa shape index (κ1) is 15.5. The zero-order chi connectivity index (χ0) is 16.2. The molecule has 3 rings (SSSR count). The molecule has 0 aliphatic heterocycles. The molecule has 120 valence electrons. The summed E-state index contributed by atoms with van der Waals surface area (Å²) in [5.41, 5.74) is 4.69. The number of nitrogens with one attached hydrogen (secondary N) is 1. The monoisotopic (exact) mass is 309 g/mol. The summed E-state index contributed by atoms with van der Waals surface area (Å²) in [6.45, 7) is 8.22. The van der Waals surface area contributed by atoms with Crippen molar-refractivity contribution in [1.29, 1.82) is 0 Å². The molecule has 0 bridgehead atoms. The molecule has 0 fully saturated rings. The van der Waals surface area contributed by atoms with E-state index in [4.69, 9.17) is 0 Å². The Morgan fingerprint density at radius 2 is 1.91 bits per heavy atom. The highest BCUT2D eigenvalue weighted by molar-refractivity contribution is 5.91. The highest BCUT2D eigenvalue weighted by Crippen LogP contribution is 2.29. The third-order valence-corrected chi connectivity index (χ3v) is 4.32. The predicted octanol–water partition coefficient (Wildman–Crippen LogP) is 3.70. The number of aryl methyl sites for hydroxylation is 1. The van der Waals surface area contributed by atoms with Gasteiger partial charge in [0.15, 0.2) is 0 Å². The summed E-state index contributed by atoms with van der Waals surface area (Å²) in [5, 5.41) is 4.59. The maximum atomic E-state index is 4.54. The van der Waals surface area contributed by atoms with Crippen LogP contribution in [0.25, 0.3) is 11.0 Å². The maximum Gasteiger partial charge on any atom is 0.146 e. The number of hydrogen-bond donors (Lipinski definition) is 1. The van der Waals surface area contributed by atoms with Gasteiger partial charge in [-0.25, -0.2) is 9.97 Å². The van der Waals surface area contributed by atoms with Crippen LogP contribution >= 0.6 is 0 Å². The smallest absolute Gasteiger partial charge is 0.146 e. The summed E-state index contributed by atoms with van der Waals surface area (Å²) in [6.07, 6.45) is 7.62. The Kier molecular flexibility index (Phi) is 4.55. The van der Waals surface area contributed by atoms with E-state index in [0.717, 1.165) is 36.4 Å². The van der Waals surface area contributed by atoms with Crippen molar-refractivity contribution in [3.8, 4) is 0 Å². The van der Waals surface area contributed by atoms with Crippen molar-refractivity contribution >= 4 is 16.9 Å². The van der Waals surface area contributed by atoms with Crippen molar-refractivity contribution in [2.24, 2.45) is 0 Å². The number of hydrogen-bond acceptors (Lipinski definition) is 4. The van der Waals surface area contributed by atoms with E-state index in [1.54, 1.807) is 6.33 Å². The van der Waals surface area contributed by atoms with Crippen LogP contribution in [0.15, 0.2) is 30.9 Å². The van der Waals surface area contributed by atoms with Crippen molar-refractivity contribution in [3.63, 3.8) is 0 Å². The van der Waals surface area contributed by atoms with Gasteiger partial charge in [0.1, 0.15) is 17.8 Å². The number of pyridine rings is 1. The van der Waals surface area contributed by atoms with E-state index in [1.807, 2.05) is 24.5 Å². The molecule has 1 N–H and O–H groups in total. The van der Waals surface area contributed by atoms with E-state index >= 15 is 0 Å². The lowest BCUT2D eigenvalue weighted by Crippen LogP contribution is -2.05. The van der Waals surface area contributed by atoms with Crippen molar-refractivity contribution in [1.82, 2.24) is 19.5 Å². The third-order valence-electron chi connectivity index (χ3n) is 4.32. The van der Waals surface area contributed by atoms with Crippen molar-refractivity contribution in [3.05, 3.63) is 47.7 Å². The topological polar surface area (TPSA) is 55.6 Å². The average molecular weight is 309 g/mol. The van der Waals surface area contributed by atoms with E-state index in [1.165, 1.54) is 23.2 Å². The second kappa shape index (κ2) is 6.77. The van der Waals surface area contributed by atoms with Crippen molar-refractivity contribution in [2.45, 2.75) is 40.2 Å². The Balaban J connectivity index is 2.02. The van der Waals surface area contributed by atoms with Crippen LogP contribution in [0.3, 0.4) is 0 Å². The van der Waals surface area contributed by atoms with Crippen LogP contribution < -0.4 is 5.32 Å². The van der Waals surface area contributed by atoms with Gasteiger partial charge in [0.05, 0.1) is 5.39 Å². The second-order valence-corrected chi connectivity index (χ2v) is 5.85. The molecule has 5 nitrogen and oxygen atoms in total. The third kappa shape index (κ3) is 3.04. The standard InChI is InChI=1S/C18H23N5/c1-4-5-8-20-17-16-13(2)14(3)23(18(16)22-12-21-17)11-15-6-9-19-10-7-15/h6-7,9-10,12H,4-5,8,11H2,1-3H3,(H,20,21,22). The summed E-state index contributed by atoms with van der Waals surface area (Å²) >= 11 is 0. The van der Waals surface area contributed by atoms with E-state index in [-0.39, 0.29) is 0 Å². The quantitative estimate of drug-likeness (QED) is 0.705. The first-order valence-electron chi connectivity index (χ1n) is 8.15. The van der Waals surface area contributed by atoms with Gasteiger partial charge >= 0.3 is 0 Å². The molecule has 0 aliphatic rings. The molecule has 0 saturated carbocycles. The lowest BCUT2D eigenvalue weighted by molar-refractivity contribution is 0.788. The molecule has 3 aromatic heterocycles. The van der Waals surface area contributed by atoms with Crippen LogP contribution in [0.5, 0.6) is 0 Å². The lowest BCUT2D eigenvalue weighted by Gasteiger charge is -2.08. The Hall–Kier alpha value is -2.43. The number of rotatable bonds is 6. The molecular weight excluding hydrogens is 286 g/mol. The van der Waals surface area contributed by atoms with Crippen molar-refractivity contribution in [2.75, 3.05) is 11.9 Å². The Morgan fingerprint density at radius 1 is 1.13 bits per heavy atom. The summed E-state index contributed by atoms with van der Waals surface area (Å²) < 4.78 is 2.26. The van der Waals surface area contributed by atoms with E-state index in [2.05, 4.69) is 45.6 Å². The minimum absolute atomic E-state index is 0.796. The molecule has 0 aromatic carbocycles. The summed E-state index contributed by atoms with van der Waals surface area (Å²) in [4.78, 5) is 13.1. The SMILES string of the molecule is CCCCNc1ncnc2c1c(C)c(C)n2Cc1ccncc1. The van der Waals surface area contributed by atoms with Gasteiger partial charge in [0, 0.05) is 31.2 Å². The molecule has 3 aromatic rings. The largest absolute Gasteiger partial charge is 0.369 e. The molecule has 23 heavy (non-hydrogen) atoms. The Bertz CT molecular complexity index is 792. The molecule has 0 amide bonds. The fourth-order valence-electron chi connectivity index (χ4n) is 2.85. The summed E-state index contributed by atoms with van der Waals surface area (Å²) in [7, 11) is 0. The van der Waals surface area contributed by atoms with Crippen LogP contribution in [0, 0.1) is 13.8 Å². The number of aromatic nitrogens is 4. The summed E-state index contributed by atoms with van der Waals surface area (Å²) in [6, 6.07) is 4.09. The van der Waals surface area contributed by atoms with Crippen LogP contribution in [-0.4, -0.2) is 26.1 Å². The molecular formula is C18H23N5. The molecule has 5 heteroatoms. The van der Waals surface area contributed by atoms with Gasteiger partial charge in [0.2, 0.25) is 0 Å². The number of nitrogens with zero attached hydrogens (tertiary/aromatic N) is 4. The average Bonchev–Trinajstić information content (AvgIpc) is 2.82. The zero-order valence-corrected chi connectivity index (χ0v) is 14.0. The van der Waals surface area contributed by atoms with Gasteiger partial charge in [-0.1, -0.05) is 13.3 Å². The first-order valence-corrected chi connectivity index (χ1v) is 8.15. The molecule has 3 heterocycles. The van der Waals surface area contributed by atoms with Crippen LogP contribution in [0.4, 0.5) is 5.82 Å². The van der Waals surface area contributed by atoms with Gasteiger partial charge < -0.3 is 9.88 Å². The fourth-order valence-corrected chi connectivity index (χ4v) is 2.85. The zero-order valence-electron chi connectivity index (χ0n) is 14.0. The highest BCUT2D eigenvalue weighted by Gasteiger charge is 2.16. The normalized spacial score (nSPS) is 11.1. The van der Waals surface area contributed by atoms with Crippen LogP contribution in [-0.2, 0) is 6.54 Å². The van der Waals surface area contributed by atoms with Gasteiger partial charge in [-0.2, -0.15) is 0 Å². The van der Waals surface area contributed by atoms with E-state index < -0.39 is 0 Å². The first-order chi connectivity index (χ1) is 11.2. The lowest BCUT2D eigenvalue weighted by atomic mass is 10.2. The molecule has 0 saturated heterocycles. The van der Waals surface area contributed by atoms with E-state index in [9.17, 15) is 0 Å². The van der Waals surface area contributed by atoms with Gasteiger partial charge in [-0.05, 0) is 43.5 Å². The molecule has 0 radical (unpaired) electrons. The van der Waals surface area contributed by atoms with Crippen LogP contribution in [0.1, 0.15) is 36.6 Å². The predicted molar refractivity (Wildman–Crippen MR) is 93.7 cm³/mol. The Morgan fingerprint density at radius 3 is 2.65 bits per heavy atom. The minimum atomic E-state index is 0.796. The van der Waals surface area contributed by atoms with Gasteiger partial charge in [-0.3, -0.25) is 4.98 Å². The maximum absolute atomic E-state index is 4.54. The molecule has 0 unspecified atom stereocenters. The summed E-state index contributed by atoms with van der Waals surface area (Å²) in [5.74, 6) is 0.942. The van der Waals surface area contributed by atoms with Gasteiger partial charge in [0.25, 0.3) is 0 Å². The van der Waals surface area contributed by atoms with Crippen molar-refractivity contribution < 1.29 is 0 Å². The number of unbranched alkanes of at least 4 members (excludes halogenated alkanes) is 1. The molecule has 0 atom stereocenters. The Labute approximate surface area is 136 Å². The van der Waals surface area contributed by atoms with E-state index in [0.29, 0.717) is 0 Å². The fraction of sp³-hybridized carbons (Fsp3) is 0.389.